The van der Waals surface area contributed by atoms with Crippen LogP contribution in [0.4, 0.5) is 4.79 Å². The van der Waals surface area contributed by atoms with Crippen molar-refractivity contribution in [2.75, 3.05) is 13.2 Å². The van der Waals surface area contributed by atoms with Gasteiger partial charge in [0.15, 0.2) is 12.3 Å². The first-order valence-electron chi connectivity index (χ1n) is 8.73. The summed E-state index contributed by atoms with van der Waals surface area (Å²) >= 11 is 0. The molecule has 1 aromatic carbocycles. The minimum Gasteiger partial charge on any atom is -0.452 e. The molecule has 3 aromatic rings. The van der Waals surface area contributed by atoms with E-state index in [2.05, 4.69) is 20.7 Å². The molecule has 3 rings (SSSR count). The van der Waals surface area contributed by atoms with Gasteiger partial charge in [-0.3, -0.25) is 10.1 Å². The average molecular weight is 381 g/mol. The van der Waals surface area contributed by atoms with E-state index >= 15 is 0 Å². The van der Waals surface area contributed by atoms with Crippen LogP contribution >= 0.6 is 0 Å². The maximum absolute atomic E-state index is 12.3. The number of ether oxygens (including phenoxy) is 1. The summed E-state index contributed by atoms with van der Waals surface area (Å²) in [6.07, 6.45) is 3.65. The largest absolute Gasteiger partial charge is 0.452 e. The molecular formula is C19H19N5O4. The number of fused-ring (bicyclic) bond motifs is 1. The van der Waals surface area contributed by atoms with E-state index in [1.165, 1.54) is 10.7 Å². The van der Waals surface area contributed by atoms with E-state index in [0.717, 1.165) is 17.7 Å². The lowest BCUT2D eigenvalue weighted by Crippen LogP contribution is -2.41. The lowest BCUT2D eigenvalue weighted by atomic mass is 10.1. The monoisotopic (exact) mass is 381 g/mol. The Hall–Kier alpha value is -3.75. The van der Waals surface area contributed by atoms with Crippen LogP contribution in [0.25, 0.3) is 16.9 Å². The first-order valence-corrected chi connectivity index (χ1v) is 8.73. The third-order valence-corrected chi connectivity index (χ3v) is 3.81. The van der Waals surface area contributed by atoms with Crippen LogP contribution in [0.15, 0.2) is 48.8 Å². The number of carbonyl (C=O) groups excluding carboxylic acids is 3. The lowest BCUT2D eigenvalue weighted by Gasteiger charge is -2.07. The second-order valence-electron chi connectivity index (χ2n) is 5.87. The Morgan fingerprint density at radius 2 is 1.93 bits per heavy atom. The van der Waals surface area contributed by atoms with Gasteiger partial charge in [0, 0.05) is 18.3 Å². The van der Waals surface area contributed by atoms with Gasteiger partial charge < -0.3 is 10.1 Å². The SMILES string of the molecule is CCCNC(=O)NC(=O)COC(=O)c1cnn2c(-c3ccccc3)ccnc12. The molecule has 0 saturated heterocycles. The summed E-state index contributed by atoms with van der Waals surface area (Å²) in [5, 5.41) is 8.78. The number of carbonyl (C=O) groups is 3. The Morgan fingerprint density at radius 1 is 1.14 bits per heavy atom. The minimum absolute atomic E-state index is 0.126. The quantitative estimate of drug-likeness (QED) is 0.629. The van der Waals surface area contributed by atoms with Crippen molar-refractivity contribution in [1.29, 1.82) is 0 Å². The molecule has 0 radical (unpaired) electrons. The van der Waals surface area contributed by atoms with Gasteiger partial charge in [-0.2, -0.15) is 5.10 Å². The Labute approximate surface area is 160 Å². The van der Waals surface area contributed by atoms with Crippen molar-refractivity contribution in [3.8, 4) is 11.3 Å². The van der Waals surface area contributed by atoms with Crippen molar-refractivity contribution in [3.05, 3.63) is 54.4 Å². The zero-order valence-corrected chi connectivity index (χ0v) is 15.2. The summed E-state index contributed by atoms with van der Waals surface area (Å²) in [5.74, 6) is -1.48. The van der Waals surface area contributed by atoms with Gasteiger partial charge in [0.2, 0.25) is 0 Å². The fourth-order valence-corrected chi connectivity index (χ4v) is 2.52. The summed E-state index contributed by atoms with van der Waals surface area (Å²) < 4.78 is 6.51. The Kier molecular flexibility index (Phi) is 5.95. The summed E-state index contributed by atoms with van der Waals surface area (Å²) in [6, 6.07) is 10.7. The number of nitrogens with one attached hydrogen (secondary N) is 2. The van der Waals surface area contributed by atoms with Crippen LogP contribution in [0, 0.1) is 0 Å². The Balaban J connectivity index is 1.70. The highest BCUT2D eigenvalue weighted by Gasteiger charge is 2.19. The van der Waals surface area contributed by atoms with Gasteiger partial charge in [0.25, 0.3) is 5.91 Å². The number of hydrogen-bond donors (Lipinski definition) is 2. The molecule has 144 valence electrons. The fourth-order valence-electron chi connectivity index (χ4n) is 2.52. The number of hydrogen-bond acceptors (Lipinski definition) is 6. The van der Waals surface area contributed by atoms with Crippen LogP contribution in [-0.2, 0) is 9.53 Å². The van der Waals surface area contributed by atoms with Crippen LogP contribution in [0.5, 0.6) is 0 Å². The predicted octanol–water partition coefficient (Wildman–Crippen LogP) is 1.79. The Morgan fingerprint density at radius 3 is 2.68 bits per heavy atom. The van der Waals surface area contributed by atoms with Gasteiger partial charge in [-0.15, -0.1) is 0 Å². The molecule has 9 nitrogen and oxygen atoms in total. The number of rotatable bonds is 6. The first-order chi connectivity index (χ1) is 13.6. The number of imide groups is 1. The summed E-state index contributed by atoms with van der Waals surface area (Å²) in [5.41, 5.74) is 2.11. The van der Waals surface area contributed by atoms with E-state index in [1.54, 1.807) is 12.3 Å². The maximum atomic E-state index is 12.3. The zero-order chi connectivity index (χ0) is 19.9. The van der Waals surface area contributed by atoms with Crippen molar-refractivity contribution < 1.29 is 19.1 Å². The van der Waals surface area contributed by atoms with Crippen molar-refractivity contribution in [3.63, 3.8) is 0 Å². The smallest absolute Gasteiger partial charge is 0.344 e. The van der Waals surface area contributed by atoms with Crippen LogP contribution in [0.2, 0.25) is 0 Å². The van der Waals surface area contributed by atoms with Crippen molar-refractivity contribution in [2.24, 2.45) is 0 Å². The average Bonchev–Trinajstić information content (AvgIpc) is 3.15. The number of nitrogens with zero attached hydrogens (tertiary/aromatic N) is 3. The molecule has 9 heteroatoms. The molecule has 2 N–H and O–H groups in total. The van der Waals surface area contributed by atoms with Crippen LogP contribution in [0.3, 0.4) is 0 Å². The maximum Gasteiger partial charge on any atom is 0.344 e. The van der Waals surface area contributed by atoms with E-state index in [4.69, 9.17) is 4.74 Å². The van der Waals surface area contributed by atoms with Gasteiger partial charge in [0.1, 0.15) is 5.56 Å². The molecule has 2 aromatic heterocycles. The third-order valence-electron chi connectivity index (χ3n) is 3.81. The molecule has 28 heavy (non-hydrogen) atoms. The molecule has 0 aliphatic carbocycles. The van der Waals surface area contributed by atoms with Crippen LogP contribution < -0.4 is 10.6 Å². The third kappa shape index (κ3) is 4.32. The molecule has 0 unspecified atom stereocenters. The number of benzene rings is 1. The highest BCUT2D eigenvalue weighted by Crippen LogP contribution is 2.20. The van der Waals surface area contributed by atoms with E-state index in [-0.39, 0.29) is 5.56 Å². The van der Waals surface area contributed by atoms with E-state index in [1.807, 2.05) is 37.3 Å². The summed E-state index contributed by atoms with van der Waals surface area (Å²) in [4.78, 5) is 39.7. The molecule has 0 spiro atoms. The number of amides is 3. The van der Waals surface area contributed by atoms with Gasteiger partial charge in [-0.25, -0.2) is 19.1 Å². The van der Waals surface area contributed by atoms with E-state index in [0.29, 0.717) is 12.2 Å². The molecule has 0 fully saturated rings. The molecule has 0 aliphatic heterocycles. The second-order valence-corrected chi connectivity index (χ2v) is 5.87. The van der Waals surface area contributed by atoms with Gasteiger partial charge in [-0.05, 0) is 12.5 Å². The van der Waals surface area contributed by atoms with Gasteiger partial charge in [0.05, 0.1) is 11.9 Å². The topological polar surface area (TPSA) is 115 Å². The molecule has 0 bridgehead atoms. The molecule has 0 saturated carbocycles. The molecule has 3 amide bonds. The first kappa shape index (κ1) is 19.0. The number of esters is 1. The van der Waals surface area contributed by atoms with Crippen molar-refractivity contribution in [2.45, 2.75) is 13.3 Å². The van der Waals surface area contributed by atoms with Crippen molar-refractivity contribution >= 4 is 23.6 Å². The van der Waals surface area contributed by atoms with Gasteiger partial charge in [-0.1, -0.05) is 37.3 Å². The highest BCUT2D eigenvalue weighted by atomic mass is 16.5. The molecule has 0 aliphatic rings. The number of aromatic nitrogens is 3. The van der Waals surface area contributed by atoms with E-state index < -0.39 is 24.5 Å². The normalized spacial score (nSPS) is 10.5. The number of urea groups is 1. The van der Waals surface area contributed by atoms with E-state index in [9.17, 15) is 14.4 Å². The molecule has 2 heterocycles. The van der Waals surface area contributed by atoms with Crippen LogP contribution in [-0.4, -0.2) is 45.7 Å². The fraction of sp³-hybridized carbons (Fsp3) is 0.211. The van der Waals surface area contributed by atoms with Crippen molar-refractivity contribution in [1.82, 2.24) is 25.2 Å². The minimum atomic E-state index is -0.753. The predicted molar refractivity (Wildman–Crippen MR) is 101 cm³/mol. The zero-order valence-electron chi connectivity index (χ0n) is 15.2. The lowest BCUT2D eigenvalue weighted by molar-refractivity contribution is -0.123. The summed E-state index contributed by atoms with van der Waals surface area (Å²) in [6.45, 7) is 1.74. The highest BCUT2D eigenvalue weighted by molar-refractivity contribution is 5.99. The Bertz CT molecular complexity index is 1000. The van der Waals surface area contributed by atoms with Crippen LogP contribution in [0.1, 0.15) is 23.7 Å². The second kappa shape index (κ2) is 8.76. The summed E-state index contributed by atoms with van der Waals surface area (Å²) in [7, 11) is 0. The molecular weight excluding hydrogens is 362 g/mol. The standard InChI is InChI=1S/C19H19N5O4/c1-2-9-21-19(27)23-16(25)12-28-18(26)14-11-22-24-15(8-10-20-17(14)24)13-6-4-3-5-7-13/h3-8,10-11H,2,9,12H2,1H3,(H2,21,23,25,27). The van der Waals surface area contributed by atoms with Gasteiger partial charge >= 0.3 is 12.0 Å². The molecule has 0 atom stereocenters.